The molecular formula is C14H18FNO4. The van der Waals surface area contributed by atoms with Crippen molar-refractivity contribution >= 4 is 11.9 Å². The zero-order chi connectivity index (χ0) is 15.0. The van der Waals surface area contributed by atoms with Gasteiger partial charge < -0.3 is 15.2 Å². The number of halogens is 1. The first-order chi connectivity index (χ1) is 9.51. The molecule has 0 radical (unpaired) electrons. The summed E-state index contributed by atoms with van der Waals surface area (Å²) in [6.07, 6.45) is 0.575. The van der Waals surface area contributed by atoms with Crippen LogP contribution in [-0.4, -0.2) is 29.6 Å². The summed E-state index contributed by atoms with van der Waals surface area (Å²) in [5.41, 5.74) is 0. The summed E-state index contributed by atoms with van der Waals surface area (Å²) in [7, 11) is 0. The average Bonchev–Trinajstić information content (AvgIpc) is 2.39. The van der Waals surface area contributed by atoms with E-state index in [9.17, 15) is 14.0 Å². The third-order valence-corrected chi connectivity index (χ3v) is 2.69. The Balaban J connectivity index is 2.28. The second-order valence-electron chi connectivity index (χ2n) is 4.32. The standard InChI is InChI=1S/C14H18FNO4/c1-2-11(9-14(18)19)16-13(17)7-8-20-12-5-3-10(15)4-6-12/h3-6,11H,2,7-9H2,1H3,(H,16,17)(H,18,19). The molecule has 0 saturated carbocycles. The van der Waals surface area contributed by atoms with E-state index < -0.39 is 5.97 Å². The number of hydrogen-bond donors (Lipinski definition) is 2. The number of aliphatic carboxylic acids is 1. The zero-order valence-electron chi connectivity index (χ0n) is 11.3. The van der Waals surface area contributed by atoms with Crippen molar-refractivity contribution in [2.75, 3.05) is 6.61 Å². The fourth-order valence-electron chi connectivity index (χ4n) is 1.60. The van der Waals surface area contributed by atoms with Crippen LogP contribution in [0.4, 0.5) is 4.39 Å². The second-order valence-corrected chi connectivity index (χ2v) is 4.32. The summed E-state index contributed by atoms with van der Waals surface area (Å²) in [5, 5.41) is 11.3. The highest BCUT2D eigenvalue weighted by atomic mass is 19.1. The smallest absolute Gasteiger partial charge is 0.305 e. The Bertz CT molecular complexity index is 447. The zero-order valence-corrected chi connectivity index (χ0v) is 11.3. The fourth-order valence-corrected chi connectivity index (χ4v) is 1.60. The molecule has 20 heavy (non-hydrogen) atoms. The number of carbonyl (C=O) groups excluding carboxylic acids is 1. The Morgan fingerprint density at radius 1 is 1.35 bits per heavy atom. The van der Waals surface area contributed by atoms with Crippen LogP contribution in [0.5, 0.6) is 5.75 Å². The Kier molecular flexibility index (Phi) is 6.49. The van der Waals surface area contributed by atoms with Crippen molar-refractivity contribution < 1.29 is 23.8 Å². The van der Waals surface area contributed by atoms with Crippen molar-refractivity contribution in [3.63, 3.8) is 0 Å². The average molecular weight is 283 g/mol. The largest absolute Gasteiger partial charge is 0.493 e. The molecule has 5 nitrogen and oxygen atoms in total. The van der Waals surface area contributed by atoms with Crippen LogP contribution in [0.3, 0.4) is 0 Å². The van der Waals surface area contributed by atoms with Gasteiger partial charge in [0, 0.05) is 6.04 Å². The molecule has 0 bridgehead atoms. The molecular weight excluding hydrogens is 265 g/mol. The van der Waals surface area contributed by atoms with Gasteiger partial charge in [-0.05, 0) is 30.7 Å². The molecule has 0 aliphatic carbocycles. The van der Waals surface area contributed by atoms with E-state index in [1.54, 1.807) is 0 Å². The SMILES string of the molecule is CCC(CC(=O)O)NC(=O)CCOc1ccc(F)cc1. The third kappa shape index (κ3) is 6.17. The van der Waals surface area contributed by atoms with Gasteiger partial charge in [0.05, 0.1) is 19.4 Å². The summed E-state index contributed by atoms with van der Waals surface area (Å²) in [5.74, 6) is -1.08. The number of hydrogen-bond acceptors (Lipinski definition) is 3. The maximum atomic E-state index is 12.7. The lowest BCUT2D eigenvalue weighted by atomic mass is 10.1. The number of carbonyl (C=O) groups is 2. The number of rotatable bonds is 8. The van der Waals surface area contributed by atoms with Crippen LogP contribution in [0.2, 0.25) is 0 Å². The van der Waals surface area contributed by atoms with Crippen LogP contribution >= 0.6 is 0 Å². The number of carboxylic acids is 1. The Labute approximate surface area is 116 Å². The van der Waals surface area contributed by atoms with E-state index in [1.807, 2.05) is 6.92 Å². The Morgan fingerprint density at radius 2 is 2.00 bits per heavy atom. The molecule has 110 valence electrons. The monoisotopic (exact) mass is 283 g/mol. The van der Waals surface area contributed by atoms with Gasteiger partial charge in [0.15, 0.2) is 0 Å². The Hall–Kier alpha value is -2.11. The molecule has 0 spiro atoms. The molecule has 1 aromatic rings. The van der Waals surface area contributed by atoms with Gasteiger partial charge in [-0.1, -0.05) is 6.92 Å². The lowest BCUT2D eigenvalue weighted by Gasteiger charge is -2.14. The molecule has 0 saturated heterocycles. The van der Waals surface area contributed by atoms with Crippen LogP contribution in [-0.2, 0) is 9.59 Å². The van der Waals surface area contributed by atoms with Crippen LogP contribution in [0.1, 0.15) is 26.2 Å². The normalized spacial score (nSPS) is 11.7. The molecule has 1 rings (SSSR count). The van der Waals surface area contributed by atoms with Crippen LogP contribution in [0, 0.1) is 5.82 Å². The van der Waals surface area contributed by atoms with E-state index in [0.717, 1.165) is 0 Å². The minimum atomic E-state index is -0.945. The second kappa shape index (κ2) is 8.14. The van der Waals surface area contributed by atoms with E-state index in [4.69, 9.17) is 9.84 Å². The van der Waals surface area contributed by atoms with Gasteiger partial charge in [-0.25, -0.2) is 4.39 Å². The molecule has 1 atom stereocenters. The molecule has 2 N–H and O–H groups in total. The molecule has 0 heterocycles. The predicted octanol–water partition coefficient (Wildman–Crippen LogP) is 1.96. The molecule has 0 aliphatic rings. The van der Waals surface area contributed by atoms with E-state index in [2.05, 4.69) is 5.32 Å². The van der Waals surface area contributed by atoms with E-state index in [-0.39, 0.29) is 37.2 Å². The van der Waals surface area contributed by atoms with Gasteiger partial charge in [-0.15, -0.1) is 0 Å². The first-order valence-electron chi connectivity index (χ1n) is 6.40. The lowest BCUT2D eigenvalue weighted by Crippen LogP contribution is -2.36. The van der Waals surface area contributed by atoms with E-state index in [0.29, 0.717) is 12.2 Å². The number of ether oxygens (including phenoxy) is 1. The van der Waals surface area contributed by atoms with Gasteiger partial charge in [0.1, 0.15) is 11.6 Å². The van der Waals surface area contributed by atoms with Crippen molar-refractivity contribution in [2.45, 2.75) is 32.2 Å². The summed E-state index contributed by atoms with van der Waals surface area (Å²) >= 11 is 0. The maximum absolute atomic E-state index is 12.7. The highest BCUT2D eigenvalue weighted by Crippen LogP contribution is 2.11. The van der Waals surface area contributed by atoms with E-state index in [1.165, 1.54) is 24.3 Å². The van der Waals surface area contributed by atoms with Gasteiger partial charge in [0.25, 0.3) is 0 Å². The third-order valence-electron chi connectivity index (χ3n) is 2.69. The van der Waals surface area contributed by atoms with Gasteiger partial charge in [-0.2, -0.15) is 0 Å². The topological polar surface area (TPSA) is 75.6 Å². The molecule has 0 aromatic heterocycles. The van der Waals surface area contributed by atoms with Crippen LogP contribution in [0.15, 0.2) is 24.3 Å². The highest BCUT2D eigenvalue weighted by molar-refractivity contribution is 5.77. The maximum Gasteiger partial charge on any atom is 0.305 e. The molecule has 0 fully saturated rings. The summed E-state index contributed by atoms with van der Waals surface area (Å²) < 4.78 is 17.9. The van der Waals surface area contributed by atoms with Crippen LogP contribution in [0.25, 0.3) is 0 Å². The Morgan fingerprint density at radius 3 is 2.55 bits per heavy atom. The number of nitrogens with one attached hydrogen (secondary N) is 1. The summed E-state index contributed by atoms with van der Waals surface area (Å²) in [4.78, 5) is 22.2. The number of benzene rings is 1. The van der Waals surface area contributed by atoms with Gasteiger partial charge in [0.2, 0.25) is 5.91 Å². The first kappa shape index (κ1) is 15.9. The quantitative estimate of drug-likeness (QED) is 0.764. The van der Waals surface area contributed by atoms with E-state index >= 15 is 0 Å². The highest BCUT2D eigenvalue weighted by Gasteiger charge is 2.13. The molecule has 1 aromatic carbocycles. The predicted molar refractivity (Wildman–Crippen MR) is 71.0 cm³/mol. The summed E-state index contributed by atoms with van der Waals surface area (Å²) in [6.45, 7) is 1.96. The summed E-state index contributed by atoms with van der Waals surface area (Å²) in [6, 6.07) is 5.13. The molecule has 6 heteroatoms. The van der Waals surface area contributed by atoms with Crippen molar-refractivity contribution in [3.05, 3.63) is 30.1 Å². The van der Waals surface area contributed by atoms with Crippen molar-refractivity contribution in [1.82, 2.24) is 5.32 Å². The lowest BCUT2D eigenvalue weighted by molar-refractivity contribution is -0.137. The number of carboxylic acid groups (broad SMARTS) is 1. The van der Waals surface area contributed by atoms with Gasteiger partial charge >= 0.3 is 5.97 Å². The van der Waals surface area contributed by atoms with Crippen molar-refractivity contribution in [3.8, 4) is 5.75 Å². The number of amides is 1. The fraction of sp³-hybridized carbons (Fsp3) is 0.429. The van der Waals surface area contributed by atoms with Crippen LogP contribution < -0.4 is 10.1 Å². The minimum absolute atomic E-state index is 0.0962. The van der Waals surface area contributed by atoms with Gasteiger partial charge in [-0.3, -0.25) is 9.59 Å². The van der Waals surface area contributed by atoms with Crippen molar-refractivity contribution in [1.29, 1.82) is 0 Å². The molecule has 1 amide bonds. The minimum Gasteiger partial charge on any atom is -0.493 e. The molecule has 0 aliphatic heterocycles. The first-order valence-corrected chi connectivity index (χ1v) is 6.40. The van der Waals surface area contributed by atoms with Crippen molar-refractivity contribution in [2.24, 2.45) is 0 Å². The molecule has 1 unspecified atom stereocenters.